The van der Waals surface area contributed by atoms with Crippen molar-refractivity contribution in [2.24, 2.45) is 0 Å². The normalized spacial score (nSPS) is 13.1. The van der Waals surface area contributed by atoms with Crippen LogP contribution in [0.15, 0.2) is 0 Å². The Morgan fingerprint density at radius 3 is 2.41 bits per heavy atom. The Morgan fingerprint density at radius 1 is 1.41 bits per heavy atom. The van der Waals surface area contributed by atoms with Crippen LogP contribution in [0.1, 0.15) is 12.8 Å². The second-order valence-electron chi connectivity index (χ2n) is 3.17. The molecule has 1 atom stereocenters. The molecule has 0 unspecified atom stereocenters. The van der Waals surface area contributed by atoms with Crippen LogP contribution in [0, 0.1) is 0 Å². The lowest BCUT2D eigenvalue weighted by atomic mass is 10.2. The molecule has 9 heteroatoms. The van der Waals surface area contributed by atoms with Crippen molar-refractivity contribution in [2.45, 2.75) is 18.9 Å². The van der Waals surface area contributed by atoms with E-state index in [1.807, 2.05) is 4.72 Å². The lowest BCUT2D eigenvalue weighted by molar-refractivity contribution is -0.140. The van der Waals surface area contributed by atoms with Gasteiger partial charge in [-0.15, -0.1) is 0 Å². The highest BCUT2D eigenvalue weighted by Crippen LogP contribution is 1.98. The van der Waals surface area contributed by atoms with Crippen LogP contribution in [0.25, 0.3) is 0 Å². The maximum Gasteiger partial charge on any atom is 0.321 e. The molecule has 0 aliphatic rings. The van der Waals surface area contributed by atoms with Gasteiger partial charge in [-0.05, 0) is 6.42 Å². The third-order valence-corrected chi connectivity index (χ3v) is 3.23. The SMILES string of the molecule is COC(=O)CCS(=O)(=O)N[C@H](CCO)C(=O)O. The Hall–Kier alpha value is -1.19. The number of ether oxygens (including phenoxy) is 1. The maximum atomic E-state index is 11.4. The molecule has 0 aromatic rings. The number of carboxylic acid groups (broad SMARTS) is 1. The zero-order chi connectivity index (χ0) is 13.5. The van der Waals surface area contributed by atoms with Gasteiger partial charge >= 0.3 is 11.9 Å². The average Bonchev–Trinajstić information content (AvgIpc) is 2.25. The third kappa shape index (κ3) is 6.87. The molecule has 0 spiro atoms. The first kappa shape index (κ1) is 15.8. The Balaban J connectivity index is 4.40. The number of esters is 1. The van der Waals surface area contributed by atoms with Gasteiger partial charge in [0.25, 0.3) is 0 Å². The Morgan fingerprint density at radius 2 is 2.00 bits per heavy atom. The van der Waals surface area contributed by atoms with Gasteiger partial charge in [0.05, 0.1) is 19.3 Å². The number of carbonyl (C=O) groups is 2. The number of aliphatic carboxylic acids is 1. The largest absolute Gasteiger partial charge is 0.480 e. The summed E-state index contributed by atoms with van der Waals surface area (Å²) in [6.07, 6.45) is -0.607. The van der Waals surface area contributed by atoms with Crippen LogP contribution >= 0.6 is 0 Å². The fourth-order valence-electron chi connectivity index (χ4n) is 0.957. The van der Waals surface area contributed by atoms with Gasteiger partial charge in [-0.25, -0.2) is 13.1 Å². The first-order valence-electron chi connectivity index (χ1n) is 4.73. The van der Waals surface area contributed by atoms with Crippen molar-refractivity contribution in [1.82, 2.24) is 4.72 Å². The van der Waals surface area contributed by atoms with Crippen molar-refractivity contribution in [3.05, 3.63) is 0 Å². The van der Waals surface area contributed by atoms with Gasteiger partial charge in [0.1, 0.15) is 6.04 Å². The topological polar surface area (TPSA) is 130 Å². The third-order valence-electron chi connectivity index (χ3n) is 1.84. The van der Waals surface area contributed by atoms with Gasteiger partial charge in [0.15, 0.2) is 0 Å². The fraction of sp³-hybridized carbons (Fsp3) is 0.750. The number of carboxylic acids is 1. The fourth-order valence-corrected chi connectivity index (χ4v) is 2.16. The number of aliphatic hydroxyl groups is 1. The minimum atomic E-state index is -3.90. The monoisotopic (exact) mass is 269 g/mol. The summed E-state index contributed by atoms with van der Waals surface area (Å²) in [6, 6.07) is -1.40. The molecule has 3 N–H and O–H groups in total. The van der Waals surface area contributed by atoms with Gasteiger partial charge in [-0.3, -0.25) is 9.59 Å². The van der Waals surface area contributed by atoms with E-state index in [4.69, 9.17) is 10.2 Å². The summed E-state index contributed by atoms with van der Waals surface area (Å²) >= 11 is 0. The molecule has 0 radical (unpaired) electrons. The number of carbonyl (C=O) groups excluding carboxylic acids is 1. The maximum absolute atomic E-state index is 11.4. The number of hydrogen-bond acceptors (Lipinski definition) is 6. The van der Waals surface area contributed by atoms with Crippen LogP contribution in [0.4, 0.5) is 0 Å². The molecule has 8 nitrogen and oxygen atoms in total. The van der Waals surface area contributed by atoms with Crippen LogP contribution < -0.4 is 4.72 Å². The molecule has 0 aromatic heterocycles. The Labute approximate surface area is 98.6 Å². The van der Waals surface area contributed by atoms with Gasteiger partial charge in [-0.2, -0.15) is 0 Å². The lowest BCUT2D eigenvalue weighted by Crippen LogP contribution is -2.42. The second-order valence-corrected chi connectivity index (χ2v) is 5.04. The minimum absolute atomic E-state index is 0.243. The summed E-state index contributed by atoms with van der Waals surface area (Å²) in [6.45, 7) is -0.462. The second kappa shape index (κ2) is 7.20. The van der Waals surface area contributed by atoms with Gasteiger partial charge < -0.3 is 14.9 Å². The molecule has 0 amide bonds. The van der Waals surface area contributed by atoms with E-state index < -0.39 is 40.4 Å². The molecule has 0 saturated carbocycles. The van der Waals surface area contributed by atoms with Gasteiger partial charge in [0, 0.05) is 6.61 Å². The predicted octanol–water partition coefficient (Wildman–Crippen LogP) is -1.70. The molecule has 0 saturated heterocycles. The van der Waals surface area contributed by atoms with Crippen molar-refractivity contribution >= 4 is 22.0 Å². The predicted molar refractivity (Wildman–Crippen MR) is 56.7 cm³/mol. The van der Waals surface area contributed by atoms with E-state index in [2.05, 4.69) is 4.74 Å². The molecular weight excluding hydrogens is 254 g/mol. The van der Waals surface area contributed by atoms with E-state index in [1.165, 1.54) is 0 Å². The summed E-state index contributed by atoms with van der Waals surface area (Å²) in [5.74, 6) is -2.65. The lowest BCUT2D eigenvalue weighted by Gasteiger charge is -2.13. The molecule has 100 valence electrons. The van der Waals surface area contributed by atoms with Crippen LogP contribution in [-0.4, -0.2) is 56.1 Å². The molecule has 0 aliphatic carbocycles. The molecule has 0 aromatic carbocycles. The smallest absolute Gasteiger partial charge is 0.321 e. The van der Waals surface area contributed by atoms with Crippen molar-refractivity contribution in [1.29, 1.82) is 0 Å². The summed E-state index contributed by atoms with van der Waals surface area (Å²) in [5.41, 5.74) is 0. The summed E-state index contributed by atoms with van der Waals surface area (Å²) in [5, 5.41) is 17.2. The number of sulfonamides is 1. The van der Waals surface area contributed by atoms with E-state index in [0.717, 1.165) is 7.11 Å². The molecule has 0 fully saturated rings. The minimum Gasteiger partial charge on any atom is -0.480 e. The van der Waals surface area contributed by atoms with Crippen LogP contribution in [0.2, 0.25) is 0 Å². The van der Waals surface area contributed by atoms with Crippen molar-refractivity contribution < 1.29 is 33.0 Å². The van der Waals surface area contributed by atoms with E-state index in [0.29, 0.717) is 0 Å². The van der Waals surface area contributed by atoms with Gasteiger partial charge in [-0.1, -0.05) is 0 Å². The molecule has 0 heterocycles. The van der Waals surface area contributed by atoms with Crippen LogP contribution in [0.5, 0.6) is 0 Å². The summed E-state index contributed by atoms with van der Waals surface area (Å²) in [4.78, 5) is 21.4. The van der Waals surface area contributed by atoms with Crippen LogP contribution in [0.3, 0.4) is 0 Å². The Bertz CT molecular complexity index is 364. The van der Waals surface area contributed by atoms with E-state index in [-0.39, 0.29) is 12.8 Å². The zero-order valence-corrected chi connectivity index (χ0v) is 10.1. The van der Waals surface area contributed by atoms with Crippen molar-refractivity contribution in [2.75, 3.05) is 19.5 Å². The molecule has 0 bridgehead atoms. The number of rotatable bonds is 8. The highest BCUT2D eigenvalue weighted by Gasteiger charge is 2.23. The van der Waals surface area contributed by atoms with Crippen molar-refractivity contribution in [3.8, 4) is 0 Å². The summed E-state index contributed by atoms with van der Waals surface area (Å²) < 4.78 is 28.9. The quantitative estimate of drug-likeness (QED) is 0.448. The van der Waals surface area contributed by atoms with Crippen LogP contribution in [-0.2, 0) is 24.3 Å². The number of aliphatic hydroxyl groups excluding tert-OH is 1. The number of methoxy groups -OCH3 is 1. The highest BCUT2D eigenvalue weighted by atomic mass is 32.2. The zero-order valence-electron chi connectivity index (χ0n) is 9.25. The van der Waals surface area contributed by atoms with Gasteiger partial charge in [0.2, 0.25) is 10.0 Å². The average molecular weight is 269 g/mol. The molecule has 0 rings (SSSR count). The summed E-state index contributed by atoms with van der Waals surface area (Å²) in [7, 11) is -2.78. The number of nitrogens with one attached hydrogen (secondary N) is 1. The molecular formula is C8H15NO7S. The van der Waals surface area contributed by atoms with E-state index in [1.54, 1.807) is 0 Å². The highest BCUT2D eigenvalue weighted by molar-refractivity contribution is 7.89. The number of hydrogen-bond donors (Lipinski definition) is 3. The first-order valence-corrected chi connectivity index (χ1v) is 6.38. The molecule has 17 heavy (non-hydrogen) atoms. The van der Waals surface area contributed by atoms with Crippen molar-refractivity contribution in [3.63, 3.8) is 0 Å². The van der Waals surface area contributed by atoms with E-state index >= 15 is 0 Å². The molecule has 0 aliphatic heterocycles. The van der Waals surface area contributed by atoms with E-state index in [9.17, 15) is 18.0 Å². The standard InChI is InChI=1S/C8H15NO7S/c1-16-7(11)3-5-17(14,15)9-6(2-4-10)8(12)13/h6,9-10H,2-5H2,1H3,(H,12,13)/t6-/m1/s1. The Kier molecular flexibility index (Phi) is 6.69. The first-order chi connectivity index (χ1) is 7.82.